The van der Waals surface area contributed by atoms with Gasteiger partial charge in [-0.2, -0.15) is 0 Å². The van der Waals surface area contributed by atoms with Gasteiger partial charge < -0.3 is 9.64 Å². The summed E-state index contributed by atoms with van der Waals surface area (Å²) in [7, 11) is 4.10. The molecule has 23 heavy (non-hydrogen) atoms. The molecule has 0 N–H and O–H groups in total. The molecule has 0 bridgehead atoms. The standard InChI is InChI=1S/C18H24N4O/c1-14-10-16(21(2)3)11-17(20-14)18-13-22(8-9-23-18)12-15-6-4-5-7-19-15/h4-7,10-11,18H,8-9,12-13H2,1-3H3/t18-/m1/s1. The second kappa shape index (κ2) is 7.06. The largest absolute Gasteiger partial charge is 0.378 e. The first-order valence-electron chi connectivity index (χ1n) is 8.01. The Morgan fingerprint density at radius 3 is 2.91 bits per heavy atom. The van der Waals surface area contributed by atoms with Crippen molar-refractivity contribution in [3.8, 4) is 0 Å². The predicted molar refractivity (Wildman–Crippen MR) is 91.5 cm³/mol. The van der Waals surface area contributed by atoms with Crippen molar-refractivity contribution in [2.75, 3.05) is 38.7 Å². The second-order valence-corrected chi connectivity index (χ2v) is 6.20. The smallest absolute Gasteiger partial charge is 0.112 e. The second-order valence-electron chi connectivity index (χ2n) is 6.20. The van der Waals surface area contributed by atoms with Crippen LogP contribution in [0.5, 0.6) is 0 Å². The van der Waals surface area contributed by atoms with Gasteiger partial charge in [-0.15, -0.1) is 0 Å². The zero-order chi connectivity index (χ0) is 16.2. The molecule has 3 heterocycles. The molecule has 0 aromatic carbocycles. The molecule has 5 heteroatoms. The minimum Gasteiger partial charge on any atom is -0.378 e. The molecule has 1 aliphatic heterocycles. The van der Waals surface area contributed by atoms with E-state index < -0.39 is 0 Å². The number of anilines is 1. The monoisotopic (exact) mass is 312 g/mol. The number of aryl methyl sites for hydroxylation is 1. The van der Waals surface area contributed by atoms with Gasteiger partial charge in [-0.05, 0) is 31.2 Å². The van der Waals surface area contributed by atoms with Gasteiger partial charge in [-0.1, -0.05) is 6.07 Å². The van der Waals surface area contributed by atoms with Crippen molar-refractivity contribution >= 4 is 5.69 Å². The number of morpholine rings is 1. The topological polar surface area (TPSA) is 41.5 Å². The van der Waals surface area contributed by atoms with E-state index in [1.807, 2.05) is 39.3 Å². The lowest BCUT2D eigenvalue weighted by Gasteiger charge is -2.32. The highest BCUT2D eigenvalue weighted by Gasteiger charge is 2.24. The van der Waals surface area contributed by atoms with E-state index in [1.165, 1.54) is 0 Å². The van der Waals surface area contributed by atoms with Crippen molar-refractivity contribution in [2.24, 2.45) is 0 Å². The van der Waals surface area contributed by atoms with E-state index in [-0.39, 0.29) is 6.10 Å². The molecule has 0 saturated carbocycles. The SMILES string of the molecule is Cc1cc(N(C)C)cc([C@H]2CN(Cc3ccccn3)CCO2)n1. The highest BCUT2D eigenvalue weighted by atomic mass is 16.5. The third-order valence-electron chi connectivity index (χ3n) is 4.07. The molecular formula is C18H24N4O. The molecule has 122 valence electrons. The van der Waals surface area contributed by atoms with Crippen LogP contribution in [0.4, 0.5) is 5.69 Å². The van der Waals surface area contributed by atoms with Gasteiger partial charge >= 0.3 is 0 Å². The Labute approximate surface area is 137 Å². The highest BCUT2D eigenvalue weighted by Crippen LogP contribution is 2.25. The van der Waals surface area contributed by atoms with E-state index in [4.69, 9.17) is 4.74 Å². The number of aromatic nitrogens is 2. The zero-order valence-electron chi connectivity index (χ0n) is 14.1. The van der Waals surface area contributed by atoms with Gasteiger partial charge in [0.2, 0.25) is 0 Å². The molecule has 2 aromatic rings. The van der Waals surface area contributed by atoms with Crippen LogP contribution in [0.1, 0.15) is 23.2 Å². The van der Waals surface area contributed by atoms with Crippen molar-refractivity contribution in [2.45, 2.75) is 19.6 Å². The van der Waals surface area contributed by atoms with Gasteiger partial charge in [0, 0.05) is 51.3 Å². The number of ether oxygens (including phenoxy) is 1. The Hall–Kier alpha value is -1.98. The first-order chi connectivity index (χ1) is 11.1. The summed E-state index contributed by atoms with van der Waals surface area (Å²) in [5, 5.41) is 0. The molecule has 0 aliphatic carbocycles. The maximum absolute atomic E-state index is 5.98. The van der Waals surface area contributed by atoms with Gasteiger partial charge in [0.05, 0.1) is 18.0 Å². The van der Waals surface area contributed by atoms with Crippen LogP contribution >= 0.6 is 0 Å². The van der Waals surface area contributed by atoms with Gasteiger partial charge in [-0.25, -0.2) is 0 Å². The fourth-order valence-electron chi connectivity index (χ4n) is 2.84. The van der Waals surface area contributed by atoms with Gasteiger partial charge in [-0.3, -0.25) is 14.9 Å². The average Bonchev–Trinajstić information content (AvgIpc) is 2.55. The fourth-order valence-corrected chi connectivity index (χ4v) is 2.84. The van der Waals surface area contributed by atoms with Gasteiger partial charge in [0.1, 0.15) is 6.10 Å². The number of hydrogen-bond donors (Lipinski definition) is 0. The third kappa shape index (κ3) is 4.06. The molecule has 1 aliphatic rings. The molecule has 5 nitrogen and oxygen atoms in total. The van der Waals surface area contributed by atoms with E-state index >= 15 is 0 Å². The van der Waals surface area contributed by atoms with E-state index in [9.17, 15) is 0 Å². The van der Waals surface area contributed by atoms with Crippen molar-refractivity contribution < 1.29 is 4.74 Å². The van der Waals surface area contributed by atoms with Crippen LogP contribution in [0.2, 0.25) is 0 Å². The van der Waals surface area contributed by atoms with E-state index in [2.05, 4.69) is 38.0 Å². The molecule has 0 amide bonds. The molecule has 1 atom stereocenters. The highest BCUT2D eigenvalue weighted by molar-refractivity contribution is 5.47. The van der Waals surface area contributed by atoms with Crippen LogP contribution in [0.3, 0.4) is 0 Å². The van der Waals surface area contributed by atoms with Crippen LogP contribution in [0.15, 0.2) is 36.5 Å². The normalized spacial score (nSPS) is 18.8. The molecule has 1 saturated heterocycles. The van der Waals surface area contributed by atoms with Crippen LogP contribution in [0.25, 0.3) is 0 Å². The van der Waals surface area contributed by atoms with E-state index in [1.54, 1.807) is 0 Å². The number of pyridine rings is 2. The summed E-state index contributed by atoms with van der Waals surface area (Å²) in [6.45, 7) is 5.39. The summed E-state index contributed by atoms with van der Waals surface area (Å²) in [5.74, 6) is 0. The Kier molecular flexibility index (Phi) is 4.88. The molecule has 0 radical (unpaired) electrons. The van der Waals surface area contributed by atoms with Crippen molar-refractivity contribution in [3.05, 3.63) is 53.6 Å². The summed E-state index contributed by atoms with van der Waals surface area (Å²) < 4.78 is 5.98. The molecule has 0 unspecified atom stereocenters. The van der Waals surface area contributed by atoms with Crippen molar-refractivity contribution in [3.63, 3.8) is 0 Å². The Bertz CT molecular complexity index is 645. The maximum Gasteiger partial charge on any atom is 0.112 e. The number of rotatable bonds is 4. The molecule has 3 rings (SSSR count). The predicted octanol–water partition coefficient (Wildman–Crippen LogP) is 2.42. The number of nitrogens with zero attached hydrogens (tertiary/aromatic N) is 4. The Balaban J connectivity index is 1.73. The lowest BCUT2D eigenvalue weighted by atomic mass is 10.1. The summed E-state index contributed by atoms with van der Waals surface area (Å²) >= 11 is 0. The number of hydrogen-bond acceptors (Lipinski definition) is 5. The lowest BCUT2D eigenvalue weighted by molar-refractivity contribution is -0.0353. The molecule has 0 spiro atoms. The minimum atomic E-state index is 0.0195. The summed E-state index contributed by atoms with van der Waals surface area (Å²) in [6, 6.07) is 10.3. The van der Waals surface area contributed by atoms with Crippen LogP contribution in [-0.2, 0) is 11.3 Å². The average molecular weight is 312 g/mol. The first-order valence-corrected chi connectivity index (χ1v) is 8.01. The van der Waals surface area contributed by atoms with Gasteiger partial charge in [0.25, 0.3) is 0 Å². The Morgan fingerprint density at radius 2 is 2.17 bits per heavy atom. The minimum absolute atomic E-state index is 0.0195. The lowest BCUT2D eigenvalue weighted by Crippen LogP contribution is -2.38. The van der Waals surface area contributed by atoms with Crippen LogP contribution in [-0.4, -0.2) is 48.7 Å². The van der Waals surface area contributed by atoms with Crippen LogP contribution < -0.4 is 4.90 Å². The molecule has 2 aromatic heterocycles. The first kappa shape index (κ1) is 15.9. The van der Waals surface area contributed by atoms with Gasteiger partial charge in [0.15, 0.2) is 0 Å². The quantitative estimate of drug-likeness (QED) is 0.867. The summed E-state index contributed by atoms with van der Waals surface area (Å²) in [5.41, 5.74) is 4.30. The maximum atomic E-state index is 5.98. The summed E-state index contributed by atoms with van der Waals surface area (Å²) in [6.07, 6.45) is 1.87. The van der Waals surface area contributed by atoms with Crippen LogP contribution in [0, 0.1) is 6.92 Å². The third-order valence-corrected chi connectivity index (χ3v) is 4.07. The van der Waals surface area contributed by atoms with Crippen molar-refractivity contribution in [1.29, 1.82) is 0 Å². The molecular weight excluding hydrogens is 288 g/mol. The molecule has 1 fully saturated rings. The van der Waals surface area contributed by atoms with E-state index in [0.717, 1.165) is 49.0 Å². The fraction of sp³-hybridized carbons (Fsp3) is 0.444. The van der Waals surface area contributed by atoms with Crippen molar-refractivity contribution in [1.82, 2.24) is 14.9 Å². The zero-order valence-corrected chi connectivity index (χ0v) is 14.1. The Morgan fingerprint density at radius 1 is 1.30 bits per heavy atom. The van der Waals surface area contributed by atoms with E-state index in [0.29, 0.717) is 0 Å². The summed E-state index contributed by atoms with van der Waals surface area (Å²) in [4.78, 5) is 13.6.